The summed E-state index contributed by atoms with van der Waals surface area (Å²) in [6.07, 6.45) is 3.60. The van der Waals surface area contributed by atoms with Crippen LogP contribution in [0.1, 0.15) is 58.4 Å². The maximum absolute atomic E-state index is 12.8. The van der Waals surface area contributed by atoms with Crippen LogP contribution in [0.15, 0.2) is 24.3 Å². The van der Waals surface area contributed by atoms with Gasteiger partial charge in [-0.1, -0.05) is 44.7 Å². The fourth-order valence-corrected chi connectivity index (χ4v) is 4.49. The Labute approximate surface area is 181 Å². The molecule has 7 heteroatoms. The zero-order chi connectivity index (χ0) is 22.4. The zero-order valence-electron chi connectivity index (χ0n) is 18.8. The number of piperidine rings is 1. The number of nitro groups is 1. The second kappa shape index (κ2) is 9.76. The normalized spacial score (nSPS) is 19.6. The van der Waals surface area contributed by atoms with Crippen LogP contribution >= 0.6 is 0 Å². The maximum Gasteiger partial charge on any atom is 0.284 e. The molecule has 1 unspecified atom stereocenters. The van der Waals surface area contributed by atoms with Crippen molar-refractivity contribution in [3.63, 3.8) is 0 Å². The van der Waals surface area contributed by atoms with Crippen LogP contribution in [0.4, 0.5) is 5.69 Å². The highest BCUT2D eigenvalue weighted by Crippen LogP contribution is 2.39. The molecule has 1 aliphatic rings. The number of rotatable bonds is 7. The molecular weight excluding hydrogens is 396 g/mol. The Morgan fingerprint density at radius 1 is 1.27 bits per heavy atom. The van der Waals surface area contributed by atoms with Crippen molar-refractivity contribution in [2.45, 2.75) is 71.0 Å². The van der Waals surface area contributed by atoms with E-state index >= 15 is 0 Å². The van der Waals surface area contributed by atoms with Crippen LogP contribution in [-0.4, -0.2) is 32.3 Å². The molecule has 1 atom stereocenters. The number of carbonyl (C=O) groups excluding carboxylic acids is 1. The maximum atomic E-state index is 12.8. The van der Waals surface area contributed by atoms with Gasteiger partial charge in [-0.2, -0.15) is 0 Å². The fourth-order valence-electron chi connectivity index (χ4n) is 3.45. The van der Waals surface area contributed by atoms with Crippen molar-refractivity contribution >= 4 is 19.9 Å². The lowest BCUT2D eigenvalue weighted by Gasteiger charge is -2.39. The van der Waals surface area contributed by atoms with Gasteiger partial charge in [0, 0.05) is 25.6 Å². The van der Waals surface area contributed by atoms with Gasteiger partial charge >= 0.3 is 0 Å². The standard InChI is InChI=1S/C23H34N2O4Si/c1-22(2,3)30(4,5)29-18-16-23(15-10-17-24-21(23)26)14-9-8-12-19-11-6-7-13-20(19)25(27)28/h6-7,11,13H,9-10,14-18H2,1-5H3,(H,24,26). The van der Waals surface area contributed by atoms with Crippen LogP contribution in [0.3, 0.4) is 0 Å². The molecule has 0 aromatic heterocycles. The molecule has 30 heavy (non-hydrogen) atoms. The van der Waals surface area contributed by atoms with E-state index < -0.39 is 18.7 Å². The third-order valence-corrected chi connectivity index (χ3v) is 11.0. The summed E-state index contributed by atoms with van der Waals surface area (Å²) in [5.41, 5.74) is -0.0541. The summed E-state index contributed by atoms with van der Waals surface area (Å²) in [5, 5.41) is 14.3. The molecule has 1 aromatic carbocycles. The van der Waals surface area contributed by atoms with Gasteiger partial charge in [-0.25, -0.2) is 0 Å². The lowest BCUT2D eigenvalue weighted by Crippen LogP contribution is -2.47. The molecule has 0 saturated carbocycles. The smallest absolute Gasteiger partial charge is 0.284 e. The predicted octanol–water partition coefficient (Wildman–Crippen LogP) is 5.03. The molecule has 0 radical (unpaired) electrons. The van der Waals surface area contributed by atoms with Crippen LogP contribution in [0.2, 0.25) is 18.1 Å². The number of carbonyl (C=O) groups is 1. The average Bonchev–Trinajstić information content (AvgIpc) is 2.66. The zero-order valence-corrected chi connectivity index (χ0v) is 19.8. The molecule has 6 nitrogen and oxygen atoms in total. The summed E-state index contributed by atoms with van der Waals surface area (Å²) >= 11 is 0. The number of nitrogens with one attached hydrogen (secondary N) is 1. The van der Waals surface area contributed by atoms with E-state index in [4.69, 9.17) is 4.43 Å². The summed E-state index contributed by atoms with van der Waals surface area (Å²) in [6, 6.07) is 6.48. The molecule has 1 N–H and O–H groups in total. The van der Waals surface area contributed by atoms with Gasteiger partial charge in [0.1, 0.15) is 5.56 Å². The van der Waals surface area contributed by atoms with Gasteiger partial charge in [0.05, 0.1) is 10.3 Å². The topological polar surface area (TPSA) is 81.5 Å². The summed E-state index contributed by atoms with van der Waals surface area (Å²) in [5.74, 6) is 6.06. The first-order valence-electron chi connectivity index (χ1n) is 10.6. The monoisotopic (exact) mass is 430 g/mol. The largest absolute Gasteiger partial charge is 0.417 e. The summed E-state index contributed by atoms with van der Waals surface area (Å²) in [4.78, 5) is 23.5. The number of nitrogens with zero attached hydrogens (tertiary/aromatic N) is 1. The second-order valence-electron chi connectivity index (χ2n) is 9.57. The Morgan fingerprint density at radius 2 is 1.97 bits per heavy atom. The van der Waals surface area contributed by atoms with Gasteiger partial charge in [0.25, 0.3) is 5.69 Å². The molecule has 0 aliphatic carbocycles. The van der Waals surface area contributed by atoms with Gasteiger partial charge in [0.2, 0.25) is 5.91 Å². The van der Waals surface area contributed by atoms with Crippen LogP contribution in [0, 0.1) is 27.4 Å². The van der Waals surface area contributed by atoms with Gasteiger partial charge in [-0.3, -0.25) is 14.9 Å². The van der Waals surface area contributed by atoms with Crippen LogP contribution < -0.4 is 5.32 Å². The average molecular weight is 431 g/mol. The van der Waals surface area contributed by atoms with Crippen molar-refractivity contribution in [2.24, 2.45) is 5.41 Å². The Bertz CT molecular complexity index is 836. The van der Waals surface area contributed by atoms with Crippen molar-refractivity contribution in [3.8, 4) is 11.8 Å². The third-order valence-electron chi connectivity index (χ3n) is 6.50. The number of hydrogen-bond acceptors (Lipinski definition) is 4. The van der Waals surface area contributed by atoms with E-state index in [1.54, 1.807) is 18.2 Å². The first-order valence-corrected chi connectivity index (χ1v) is 13.5. The van der Waals surface area contributed by atoms with E-state index in [-0.39, 0.29) is 16.6 Å². The van der Waals surface area contributed by atoms with Crippen molar-refractivity contribution in [1.82, 2.24) is 5.32 Å². The van der Waals surface area contributed by atoms with E-state index in [1.807, 2.05) is 0 Å². The highest BCUT2D eigenvalue weighted by Gasteiger charge is 2.41. The van der Waals surface area contributed by atoms with Crippen molar-refractivity contribution in [3.05, 3.63) is 39.9 Å². The number of hydrogen-bond donors (Lipinski definition) is 1. The fraction of sp³-hybridized carbons (Fsp3) is 0.609. The minimum atomic E-state index is -1.87. The minimum Gasteiger partial charge on any atom is -0.417 e. The molecule has 2 rings (SSSR count). The van der Waals surface area contributed by atoms with Crippen molar-refractivity contribution in [2.75, 3.05) is 13.2 Å². The minimum absolute atomic E-state index is 0.0119. The Kier molecular flexibility index (Phi) is 7.84. The Hall–Kier alpha value is -2.17. The second-order valence-corrected chi connectivity index (χ2v) is 14.4. The molecule has 0 spiro atoms. The van der Waals surface area contributed by atoms with Gasteiger partial charge in [0.15, 0.2) is 8.32 Å². The van der Waals surface area contributed by atoms with Gasteiger partial charge in [-0.05, 0) is 49.9 Å². The van der Waals surface area contributed by atoms with E-state index in [0.29, 0.717) is 38.0 Å². The molecule has 0 bridgehead atoms. The molecule has 1 heterocycles. The number of amides is 1. The van der Waals surface area contributed by atoms with Crippen molar-refractivity contribution in [1.29, 1.82) is 0 Å². The first kappa shape index (κ1) is 24.1. The molecule has 1 aromatic rings. The lowest BCUT2D eigenvalue weighted by molar-refractivity contribution is -0.385. The SMILES string of the molecule is CC(C)(C)[Si](C)(C)OCCC1(CCC#Cc2ccccc2[N+](=O)[O-])CCCNC1=O. The first-order chi connectivity index (χ1) is 14.0. The highest BCUT2D eigenvalue weighted by molar-refractivity contribution is 6.74. The van der Waals surface area contributed by atoms with E-state index in [1.165, 1.54) is 6.07 Å². The van der Waals surface area contributed by atoms with Gasteiger partial charge < -0.3 is 9.74 Å². The molecule has 1 fully saturated rings. The van der Waals surface area contributed by atoms with Crippen LogP contribution in [0.5, 0.6) is 0 Å². The molecular formula is C23H34N2O4Si. The van der Waals surface area contributed by atoms with E-state index in [9.17, 15) is 14.9 Å². The number of para-hydroxylation sites is 1. The van der Waals surface area contributed by atoms with Crippen LogP contribution in [-0.2, 0) is 9.22 Å². The molecule has 164 valence electrons. The summed E-state index contributed by atoms with van der Waals surface area (Å²) < 4.78 is 6.34. The van der Waals surface area contributed by atoms with Crippen molar-refractivity contribution < 1.29 is 14.1 Å². The third kappa shape index (κ3) is 5.93. The van der Waals surface area contributed by atoms with E-state index in [2.05, 4.69) is 51.0 Å². The summed E-state index contributed by atoms with van der Waals surface area (Å²) in [7, 11) is -1.87. The Balaban J connectivity index is 2.07. The highest BCUT2D eigenvalue weighted by atomic mass is 28.4. The van der Waals surface area contributed by atoms with Gasteiger partial charge in [-0.15, -0.1) is 0 Å². The van der Waals surface area contributed by atoms with Crippen LogP contribution in [0.25, 0.3) is 0 Å². The lowest BCUT2D eigenvalue weighted by atomic mass is 9.74. The quantitative estimate of drug-likeness (QED) is 0.284. The molecule has 1 amide bonds. The Morgan fingerprint density at radius 3 is 2.60 bits per heavy atom. The predicted molar refractivity (Wildman–Crippen MR) is 122 cm³/mol. The number of nitro benzene ring substituents is 1. The molecule has 1 saturated heterocycles. The number of benzene rings is 1. The summed E-state index contributed by atoms with van der Waals surface area (Å²) in [6.45, 7) is 12.4. The van der Waals surface area contributed by atoms with E-state index in [0.717, 1.165) is 12.8 Å². The molecule has 1 aliphatic heterocycles.